The standard InChI is InChI=1S/C12H23N5O2S/c1-3-13-8-11-9-17(15-14-11)6-5-16(2)12-4-7-20(18,19)10-12/h9,12-13H,3-8,10H2,1-2H3. The Morgan fingerprint density at radius 3 is 3.00 bits per heavy atom. The summed E-state index contributed by atoms with van der Waals surface area (Å²) in [6, 6.07) is 0.143. The summed E-state index contributed by atoms with van der Waals surface area (Å²) in [6.45, 7) is 5.20. The van der Waals surface area contributed by atoms with Crippen LogP contribution < -0.4 is 5.32 Å². The van der Waals surface area contributed by atoms with Gasteiger partial charge >= 0.3 is 0 Å². The van der Waals surface area contributed by atoms with E-state index in [1.165, 1.54) is 0 Å². The predicted octanol–water partition coefficient (Wildman–Crippen LogP) is -0.493. The molecule has 0 saturated carbocycles. The highest BCUT2D eigenvalue weighted by atomic mass is 32.2. The molecule has 1 atom stereocenters. The Kier molecular flexibility index (Phi) is 5.11. The predicted molar refractivity (Wildman–Crippen MR) is 77.1 cm³/mol. The fourth-order valence-corrected chi connectivity index (χ4v) is 4.15. The molecule has 1 aromatic rings. The first-order chi connectivity index (χ1) is 9.50. The van der Waals surface area contributed by atoms with Crippen LogP contribution in [0.2, 0.25) is 0 Å². The first-order valence-electron chi connectivity index (χ1n) is 7.00. The lowest BCUT2D eigenvalue weighted by atomic mass is 10.2. The molecule has 1 unspecified atom stereocenters. The lowest BCUT2D eigenvalue weighted by molar-refractivity contribution is 0.247. The van der Waals surface area contributed by atoms with Gasteiger partial charge in [-0.3, -0.25) is 4.68 Å². The third-order valence-electron chi connectivity index (χ3n) is 3.66. The summed E-state index contributed by atoms with van der Waals surface area (Å²) in [5.41, 5.74) is 0.929. The molecule has 1 aliphatic rings. The quantitative estimate of drug-likeness (QED) is 0.732. The molecule has 1 fully saturated rings. The first-order valence-corrected chi connectivity index (χ1v) is 8.82. The first kappa shape index (κ1) is 15.4. The summed E-state index contributed by atoms with van der Waals surface area (Å²) in [7, 11) is -0.840. The van der Waals surface area contributed by atoms with E-state index in [1.54, 1.807) is 0 Å². The molecule has 1 saturated heterocycles. The molecular formula is C12H23N5O2S. The molecule has 114 valence electrons. The van der Waals surface area contributed by atoms with Crippen molar-refractivity contribution >= 4 is 9.84 Å². The number of hydrogen-bond acceptors (Lipinski definition) is 6. The van der Waals surface area contributed by atoms with Crippen LogP contribution in [0.4, 0.5) is 0 Å². The summed E-state index contributed by atoms with van der Waals surface area (Å²) >= 11 is 0. The minimum absolute atomic E-state index is 0.143. The van der Waals surface area contributed by atoms with Crippen molar-refractivity contribution in [1.82, 2.24) is 25.2 Å². The number of likely N-dealkylation sites (N-methyl/N-ethyl adjacent to an activating group) is 1. The van der Waals surface area contributed by atoms with Gasteiger partial charge in [0.25, 0.3) is 0 Å². The van der Waals surface area contributed by atoms with Gasteiger partial charge in [-0.2, -0.15) is 0 Å². The van der Waals surface area contributed by atoms with Gasteiger partial charge in [-0.05, 0) is 20.0 Å². The minimum atomic E-state index is -2.81. The molecule has 7 nitrogen and oxygen atoms in total. The maximum absolute atomic E-state index is 11.5. The Morgan fingerprint density at radius 1 is 1.55 bits per heavy atom. The molecule has 8 heteroatoms. The van der Waals surface area contributed by atoms with Gasteiger partial charge in [-0.15, -0.1) is 5.10 Å². The van der Waals surface area contributed by atoms with Crippen LogP contribution in [-0.4, -0.2) is 66.0 Å². The maximum atomic E-state index is 11.5. The van der Waals surface area contributed by atoms with Gasteiger partial charge in [0.2, 0.25) is 0 Å². The number of sulfone groups is 1. The van der Waals surface area contributed by atoms with Crippen molar-refractivity contribution in [2.45, 2.75) is 32.5 Å². The second-order valence-electron chi connectivity index (χ2n) is 5.29. The average molecular weight is 301 g/mol. The minimum Gasteiger partial charge on any atom is -0.311 e. The largest absolute Gasteiger partial charge is 0.311 e. The van der Waals surface area contributed by atoms with Crippen LogP contribution in [-0.2, 0) is 22.9 Å². The molecule has 0 aliphatic carbocycles. The van der Waals surface area contributed by atoms with Crippen molar-refractivity contribution in [3.05, 3.63) is 11.9 Å². The number of nitrogens with zero attached hydrogens (tertiary/aromatic N) is 4. The molecule has 2 rings (SSSR count). The highest BCUT2D eigenvalue weighted by Crippen LogP contribution is 2.16. The molecule has 0 aromatic carbocycles. The Balaban J connectivity index is 1.78. The fourth-order valence-electron chi connectivity index (χ4n) is 2.35. The number of aromatic nitrogens is 3. The summed E-state index contributed by atoms with van der Waals surface area (Å²) in [5, 5.41) is 11.4. The molecule has 2 heterocycles. The molecule has 1 aliphatic heterocycles. The van der Waals surface area contributed by atoms with E-state index in [2.05, 4.69) is 27.5 Å². The lowest BCUT2D eigenvalue weighted by Gasteiger charge is -2.22. The van der Waals surface area contributed by atoms with E-state index in [0.29, 0.717) is 5.75 Å². The number of hydrogen-bond donors (Lipinski definition) is 1. The van der Waals surface area contributed by atoms with Crippen molar-refractivity contribution in [2.24, 2.45) is 0 Å². The third-order valence-corrected chi connectivity index (χ3v) is 5.41. The lowest BCUT2D eigenvalue weighted by Crippen LogP contribution is -2.35. The van der Waals surface area contributed by atoms with Gasteiger partial charge < -0.3 is 10.2 Å². The van der Waals surface area contributed by atoms with Crippen LogP contribution in [0.3, 0.4) is 0 Å². The van der Waals surface area contributed by atoms with E-state index < -0.39 is 9.84 Å². The van der Waals surface area contributed by atoms with E-state index in [1.807, 2.05) is 17.9 Å². The van der Waals surface area contributed by atoms with E-state index >= 15 is 0 Å². The van der Waals surface area contributed by atoms with Crippen LogP contribution in [0.15, 0.2) is 6.20 Å². The summed E-state index contributed by atoms with van der Waals surface area (Å²) < 4.78 is 24.7. The van der Waals surface area contributed by atoms with Crippen molar-refractivity contribution in [2.75, 3.05) is 31.6 Å². The highest BCUT2D eigenvalue weighted by Gasteiger charge is 2.30. The highest BCUT2D eigenvalue weighted by molar-refractivity contribution is 7.91. The van der Waals surface area contributed by atoms with Crippen molar-refractivity contribution in [1.29, 1.82) is 0 Å². The molecule has 0 spiro atoms. The Labute approximate surface area is 120 Å². The van der Waals surface area contributed by atoms with Gasteiger partial charge in [0.15, 0.2) is 9.84 Å². The average Bonchev–Trinajstić information content (AvgIpc) is 3.00. The molecular weight excluding hydrogens is 278 g/mol. The van der Waals surface area contributed by atoms with Crippen LogP contribution in [0.5, 0.6) is 0 Å². The molecule has 1 N–H and O–H groups in total. The van der Waals surface area contributed by atoms with Crippen LogP contribution >= 0.6 is 0 Å². The van der Waals surface area contributed by atoms with Gasteiger partial charge in [0.05, 0.1) is 23.7 Å². The SMILES string of the molecule is CCNCc1cn(CCN(C)C2CCS(=O)(=O)C2)nn1. The van der Waals surface area contributed by atoms with E-state index in [4.69, 9.17) is 0 Å². The smallest absolute Gasteiger partial charge is 0.151 e. The van der Waals surface area contributed by atoms with Gasteiger partial charge in [-0.1, -0.05) is 12.1 Å². The van der Waals surface area contributed by atoms with Crippen molar-refractivity contribution in [3.8, 4) is 0 Å². The second-order valence-corrected chi connectivity index (χ2v) is 7.52. The zero-order chi connectivity index (χ0) is 14.6. The number of rotatable bonds is 7. The van der Waals surface area contributed by atoms with Gasteiger partial charge in [-0.25, -0.2) is 8.42 Å². The Bertz CT molecular complexity index is 528. The zero-order valence-corrected chi connectivity index (χ0v) is 12.9. The second kappa shape index (κ2) is 6.64. The molecule has 0 radical (unpaired) electrons. The maximum Gasteiger partial charge on any atom is 0.151 e. The monoisotopic (exact) mass is 301 g/mol. The number of nitrogens with one attached hydrogen (secondary N) is 1. The van der Waals surface area contributed by atoms with Gasteiger partial charge in [0.1, 0.15) is 0 Å². The fraction of sp³-hybridized carbons (Fsp3) is 0.833. The molecule has 0 bridgehead atoms. The summed E-state index contributed by atoms with van der Waals surface area (Å²) in [5.74, 6) is 0.602. The summed E-state index contributed by atoms with van der Waals surface area (Å²) in [6.07, 6.45) is 2.67. The Hall–Kier alpha value is -0.990. The van der Waals surface area contributed by atoms with Gasteiger partial charge in [0, 0.05) is 25.3 Å². The van der Waals surface area contributed by atoms with E-state index in [-0.39, 0.29) is 11.8 Å². The van der Waals surface area contributed by atoms with Crippen LogP contribution in [0.1, 0.15) is 19.0 Å². The van der Waals surface area contributed by atoms with Crippen LogP contribution in [0, 0.1) is 0 Å². The molecule has 20 heavy (non-hydrogen) atoms. The van der Waals surface area contributed by atoms with E-state index in [0.717, 1.165) is 38.3 Å². The van der Waals surface area contributed by atoms with Crippen molar-refractivity contribution in [3.63, 3.8) is 0 Å². The topological polar surface area (TPSA) is 80.1 Å². The molecule has 1 aromatic heterocycles. The van der Waals surface area contributed by atoms with Crippen LogP contribution in [0.25, 0.3) is 0 Å². The zero-order valence-electron chi connectivity index (χ0n) is 12.1. The third kappa shape index (κ3) is 4.26. The normalized spacial score (nSPS) is 21.6. The van der Waals surface area contributed by atoms with E-state index in [9.17, 15) is 8.42 Å². The van der Waals surface area contributed by atoms with Crippen molar-refractivity contribution < 1.29 is 8.42 Å². The Morgan fingerprint density at radius 2 is 2.35 bits per heavy atom. The summed E-state index contributed by atoms with van der Waals surface area (Å²) in [4.78, 5) is 2.11. The molecule has 0 amide bonds.